The third-order valence-electron chi connectivity index (χ3n) is 7.42. The number of hydrogen-bond acceptors (Lipinski definition) is 5. The van der Waals surface area contributed by atoms with Crippen molar-refractivity contribution in [2.45, 2.75) is 12.8 Å². The summed E-state index contributed by atoms with van der Waals surface area (Å²) in [4.78, 5) is 38.8. The van der Waals surface area contributed by atoms with Gasteiger partial charge in [-0.25, -0.2) is 15.0 Å². The van der Waals surface area contributed by atoms with E-state index in [0.29, 0.717) is 23.9 Å². The van der Waals surface area contributed by atoms with Crippen LogP contribution in [0.4, 0.5) is 5.69 Å². The zero-order chi connectivity index (χ0) is 27.4. The van der Waals surface area contributed by atoms with Crippen LogP contribution < -0.4 is 10.6 Å². The molecule has 0 spiro atoms. The van der Waals surface area contributed by atoms with Gasteiger partial charge in [0, 0.05) is 48.4 Å². The number of benzene rings is 3. The maximum Gasteiger partial charge on any atom is 0.251 e. The number of hydrogen-bond donors (Lipinski definition) is 2. The normalized spacial score (nSPS) is 12.9. The largest absolute Gasteiger partial charge is 0.355 e. The predicted octanol–water partition coefficient (Wildman–Crippen LogP) is 4.89. The molecular formula is C31H25N7O2. The molecule has 0 atom stereocenters. The molecule has 0 unspecified atom stereocenters. The Hall–Kier alpha value is -5.31. The van der Waals surface area contributed by atoms with Crippen LogP contribution in [-0.4, -0.2) is 42.9 Å². The summed E-state index contributed by atoms with van der Waals surface area (Å²) in [5, 5.41) is 6.63. The third-order valence-corrected chi connectivity index (χ3v) is 7.42. The number of para-hydroxylation sites is 1. The Balaban J connectivity index is 1.53. The molecule has 3 aromatic heterocycles. The Kier molecular flexibility index (Phi) is 5.45. The van der Waals surface area contributed by atoms with Gasteiger partial charge in [-0.05, 0) is 60.5 Å². The number of anilines is 1. The highest BCUT2D eigenvalue weighted by atomic mass is 16.2. The molecule has 9 heteroatoms. The fourth-order valence-corrected chi connectivity index (χ4v) is 5.41. The van der Waals surface area contributed by atoms with Crippen LogP contribution in [0.1, 0.15) is 22.3 Å². The minimum Gasteiger partial charge on any atom is -0.355 e. The Morgan fingerprint density at radius 2 is 1.85 bits per heavy atom. The lowest BCUT2D eigenvalue weighted by Crippen LogP contribution is -2.19. The highest BCUT2D eigenvalue weighted by Crippen LogP contribution is 2.36. The quantitative estimate of drug-likeness (QED) is 0.340. The third kappa shape index (κ3) is 3.82. The average molecular weight is 528 g/mol. The van der Waals surface area contributed by atoms with E-state index in [1.807, 2.05) is 66.2 Å². The molecule has 0 saturated heterocycles. The summed E-state index contributed by atoms with van der Waals surface area (Å²) in [5.41, 5.74) is 8.35. The summed E-state index contributed by atoms with van der Waals surface area (Å²) in [6.45, 7) is 0. The zero-order valence-electron chi connectivity index (χ0n) is 22.0. The van der Waals surface area contributed by atoms with Gasteiger partial charge in [-0.1, -0.05) is 18.2 Å². The van der Waals surface area contributed by atoms with Gasteiger partial charge in [0.15, 0.2) is 0 Å². The molecule has 0 fully saturated rings. The molecule has 1 aliphatic rings. The van der Waals surface area contributed by atoms with Crippen molar-refractivity contribution in [1.29, 1.82) is 0 Å². The van der Waals surface area contributed by atoms with Crippen molar-refractivity contribution < 1.29 is 9.59 Å². The first kappa shape index (κ1) is 23.8. The number of carbonyl (C=O) groups is 2. The minimum atomic E-state index is -0.171. The van der Waals surface area contributed by atoms with Crippen molar-refractivity contribution in [2.24, 2.45) is 7.05 Å². The predicted molar refractivity (Wildman–Crippen MR) is 154 cm³/mol. The summed E-state index contributed by atoms with van der Waals surface area (Å²) in [6, 6.07) is 21.7. The van der Waals surface area contributed by atoms with Gasteiger partial charge in [0.2, 0.25) is 5.91 Å². The van der Waals surface area contributed by atoms with E-state index in [0.717, 1.165) is 56.1 Å². The van der Waals surface area contributed by atoms with Gasteiger partial charge in [-0.15, -0.1) is 0 Å². The molecule has 0 radical (unpaired) electrons. The Morgan fingerprint density at radius 1 is 0.975 bits per heavy atom. The summed E-state index contributed by atoms with van der Waals surface area (Å²) in [5.74, 6) is 0.586. The molecule has 4 heterocycles. The SMILES string of the molecule is CNC(=O)c1ccc2c(c1)nc(-c1cc(-c3cncn3C)nc3ccccc13)n2-c1ccc2c(c1)CCC(=O)N2. The van der Waals surface area contributed by atoms with E-state index in [2.05, 4.69) is 32.3 Å². The monoisotopic (exact) mass is 527 g/mol. The Labute approximate surface area is 229 Å². The highest BCUT2D eigenvalue weighted by molar-refractivity contribution is 6.00. The number of fused-ring (bicyclic) bond motifs is 3. The second kappa shape index (κ2) is 9.16. The van der Waals surface area contributed by atoms with E-state index >= 15 is 0 Å². The van der Waals surface area contributed by atoms with Gasteiger partial charge in [0.05, 0.1) is 40.5 Å². The lowest BCUT2D eigenvalue weighted by molar-refractivity contribution is -0.116. The molecule has 40 heavy (non-hydrogen) atoms. The number of imidazole rings is 2. The first-order chi connectivity index (χ1) is 19.5. The summed E-state index contributed by atoms with van der Waals surface area (Å²) in [7, 11) is 3.56. The number of rotatable bonds is 4. The van der Waals surface area contributed by atoms with E-state index in [9.17, 15) is 9.59 Å². The van der Waals surface area contributed by atoms with E-state index in [1.165, 1.54) is 0 Å². The van der Waals surface area contributed by atoms with E-state index in [4.69, 9.17) is 9.97 Å². The van der Waals surface area contributed by atoms with Gasteiger partial charge in [0.1, 0.15) is 5.82 Å². The fourth-order valence-electron chi connectivity index (χ4n) is 5.41. The smallest absolute Gasteiger partial charge is 0.251 e. The number of pyridine rings is 1. The van der Waals surface area contributed by atoms with Crippen LogP contribution in [0.15, 0.2) is 79.3 Å². The molecule has 9 nitrogen and oxygen atoms in total. The van der Waals surface area contributed by atoms with Gasteiger partial charge in [-0.2, -0.15) is 0 Å². The van der Waals surface area contributed by atoms with Crippen LogP contribution in [0.3, 0.4) is 0 Å². The van der Waals surface area contributed by atoms with Crippen LogP contribution in [0.25, 0.3) is 50.4 Å². The number of nitrogens with one attached hydrogen (secondary N) is 2. The van der Waals surface area contributed by atoms with E-state index in [-0.39, 0.29) is 11.8 Å². The van der Waals surface area contributed by atoms with Crippen molar-refractivity contribution in [3.8, 4) is 28.5 Å². The number of amides is 2. The molecule has 0 saturated carbocycles. The lowest BCUT2D eigenvalue weighted by Gasteiger charge is -2.19. The molecule has 3 aromatic carbocycles. The minimum absolute atomic E-state index is 0.0294. The van der Waals surface area contributed by atoms with Gasteiger partial charge in [-0.3, -0.25) is 14.2 Å². The number of aryl methyl sites for hydroxylation is 2. The van der Waals surface area contributed by atoms with E-state index in [1.54, 1.807) is 19.6 Å². The molecule has 2 amide bonds. The second-order valence-electron chi connectivity index (χ2n) is 9.91. The van der Waals surface area contributed by atoms with Gasteiger partial charge >= 0.3 is 0 Å². The Bertz CT molecular complexity index is 1990. The maximum atomic E-state index is 12.5. The van der Waals surface area contributed by atoms with Crippen molar-refractivity contribution in [2.75, 3.05) is 12.4 Å². The number of nitrogens with zero attached hydrogens (tertiary/aromatic N) is 5. The molecule has 0 aliphatic carbocycles. The van der Waals surface area contributed by atoms with Crippen molar-refractivity contribution >= 4 is 39.4 Å². The Morgan fingerprint density at radius 3 is 2.67 bits per heavy atom. The van der Waals surface area contributed by atoms with Crippen LogP contribution in [0, 0.1) is 0 Å². The standard InChI is InChI=1S/C31H25N7O2/c1-32-31(40)19-7-11-27-25(14-19)36-30(38(27)20-9-10-23-18(13-20)8-12-29(39)35-23)22-15-26(28-16-33-17-37(28)2)34-24-6-4-3-5-21(22)24/h3-7,9-11,13-17H,8,12H2,1-2H3,(H,32,40)(H,35,39). The number of carbonyl (C=O) groups excluding carboxylic acids is 2. The highest BCUT2D eigenvalue weighted by Gasteiger charge is 2.22. The number of aromatic nitrogens is 5. The molecule has 2 N–H and O–H groups in total. The topological polar surface area (TPSA) is 107 Å². The molecule has 7 rings (SSSR count). The summed E-state index contributed by atoms with van der Waals surface area (Å²) < 4.78 is 4.06. The fraction of sp³-hybridized carbons (Fsp3) is 0.129. The van der Waals surface area contributed by atoms with Crippen molar-refractivity contribution in [3.05, 3.63) is 90.4 Å². The molecule has 1 aliphatic heterocycles. The molecule has 0 bridgehead atoms. The molecule has 6 aromatic rings. The van der Waals surface area contributed by atoms with E-state index < -0.39 is 0 Å². The van der Waals surface area contributed by atoms with Crippen LogP contribution in [0.2, 0.25) is 0 Å². The van der Waals surface area contributed by atoms with Crippen molar-refractivity contribution in [3.63, 3.8) is 0 Å². The van der Waals surface area contributed by atoms with Gasteiger partial charge in [0.25, 0.3) is 5.91 Å². The zero-order valence-corrected chi connectivity index (χ0v) is 22.0. The van der Waals surface area contributed by atoms with Crippen LogP contribution in [0.5, 0.6) is 0 Å². The maximum absolute atomic E-state index is 12.5. The molecular weight excluding hydrogens is 502 g/mol. The second-order valence-corrected chi connectivity index (χ2v) is 9.91. The summed E-state index contributed by atoms with van der Waals surface area (Å²) >= 11 is 0. The molecule has 196 valence electrons. The van der Waals surface area contributed by atoms with Crippen LogP contribution in [-0.2, 0) is 18.3 Å². The van der Waals surface area contributed by atoms with Crippen LogP contribution >= 0.6 is 0 Å². The first-order valence-electron chi connectivity index (χ1n) is 13.0. The van der Waals surface area contributed by atoms with Crippen molar-refractivity contribution in [1.82, 2.24) is 29.4 Å². The average Bonchev–Trinajstić information content (AvgIpc) is 3.58. The summed E-state index contributed by atoms with van der Waals surface area (Å²) in [6.07, 6.45) is 4.68. The first-order valence-corrected chi connectivity index (χ1v) is 13.0. The van der Waals surface area contributed by atoms with Gasteiger partial charge < -0.3 is 15.2 Å². The lowest BCUT2D eigenvalue weighted by atomic mass is 10.0.